The van der Waals surface area contributed by atoms with Crippen LogP contribution < -0.4 is 9.64 Å². The fraction of sp³-hybridized carbons (Fsp3) is 0.0833. The zero-order valence-electron chi connectivity index (χ0n) is 15.5. The largest absolute Gasteiger partial charge is 0.449 e. The van der Waals surface area contributed by atoms with E-state index >= 15 is 0 Å². The first-order chi connectivity index (χ1) is 13.6. The number of ether oxygens (including phenoxy) is 1. The van der Waals surface area contributed by atoms with Gasteiger partial charge in [-0.05, 0) is 36.3 Å². The van der Waals surface area contributed by atoms with Crippen LogP contribution in [0.15, 0.2) is 78.6 Å². The van der Waals surface area contributed by atoms with Crippen LogP contribution in [0.25, 0.3) is 6.08 Å². The second kappa shape index (κ2) is 7.53. The average molecular weight is 369 g/mol. The van der Waals surface area contributed by atoms with Gasteiger partial charge in [-0.15, -0.1) is 0 Å². The highest BCUT2D eigenvalue weighted by atomic mass is 16.5. The molecule has 0 spiro atoms. The van der Waals surface area contributed by atoms with Crippen molar-refractivity contribution in [2.24, 2.45) is 0 Å². The molecule has 0 aromatic heterocycles. The fourth-order valence-corrected chi connectivity index (χ4v) is 3.23. The molecule has 28 heavy (non-hydrogen) atoms. The summed E-state index contributed by atoms with van der Waals surface area (Å²) in [6.07, 6.45) is 2.50. The predicted molar refractivity (Wildman–Crippen MR) is 109 cm³/mol. The Kier molecular flexibility index (Phi) is 4.77. The SMILES string of the molecule is Cc1cccc(CN2C(=O)/C(=C/c3ccc(C=O)cc3)Oc3ccccc32)c1. The van der Waals surface area contributed by atoms with Crippen LogP contribution in [-0.4, -0.2) is 12.2 Å². The third-order valence-corrected chi connectivity index (χ3v) is 4.63. The van der Waals surface area contributed by atoms with Crippen LogP contribution in [0.5, 0.6) is 5.75 Å². The van der Waals surface area contributed by atoms with Crippen molar-refractivity contribution in [3.8, 4) is 5.75 Å². The Hall–Kier alpha value is -3.66. The molecule has 0 radical (unpaired) electrons. The summed E-state index contributed by atoms with van der Waals surface area (Å²) in [5.74, 6) is 0.704. The molecule has 1 aliphatic rings. The number of aldehydes is 1. The average Bonchev–Trinajstić information content (AvgIpc) is 2.72. The van der Waals surface area contributed by atoms with E-state index in [-0.39, 0.29) is 11.7 Å². The van der Waals surface area contributed by atoms with E-state index in [1.165, 1.54) is 0 Å². The summed E-state index contributed by atoms with van der Waals surface area (Å²) in [7, 11) is 0. The normalized spacial score (nSPS) is 14.5. The van der Waals surface area contributed by atoms with Crippen LogP contribution in [0.3, 0.4) is 0 Å². The minimum atomic E-state index is -0.195. The van der Waals surface area contributed by atoms with Gasteiger partial charge in [0.1, 0.15) is 6.29 Å². The first-order valence-corrected chi connectivity index (χ1v) is 9.05. The number of nitrogens with zero attached hydrogens (tertiary/aromatic N) is 1. The number of hydrogen-bond donors (Lipinski definition) is 0. The molecule has 1 amide bonds. The molecular weight excluding hydrogens is 350 g/mol. The molecule has 0 atom stereocenters. The summed E-state index contributed by atoms with van der Waals surface area (Å²) >= 11 is 0. The van der Waals surface area contributed by atoms with Crippen LogP contribution in [-0.2, 0) is 11.3 Å². The van der Waals surface area contributed by atoms with E-state index in [1.807, 2.05) is 49.4 Å². The van der Waals surface area contributed by atoms with E-state index in [1.54, 1.807) is 35.2 Å². The van der Waals surface area contributed by atoms with Crippen molar-refractivity contribution >= 4 is 24.0 Å². The molecule has 3 aromatic rings. The topological polar surface area (TPSA) is 46.6 Å². The van der Waals surface area contributed by atoms with E-state index in [0.717, 1.165) is 28.7 Å². The lowest BCUT2D eigenvalue weighted by Gasteiger charge is -2.30. The van der Waals surface area contributed by atoms with Gasteiger partial charge in [-0.25, -0.2) is 0 Å². The Labute approximate surface area is 163 Å². The second-order valence-electron chi connectivity index (χ2n) is 6.74. The summed E-state index contributed by atoms with van der Waals surface area (Å²) in [4.78, 5) is 25.8. The summed E-state index contributed by atoms with van der Waals surface area (Å²) in [6.45, 7) is 2.50. The van der Waals surface area contributed by atoms with Crippen LogP contribution in [0.1, 0.15) is 27.0 Å². The highest BCUT2D eigenvalue weighted by molar-refractivity contribution is 6.09. The number of aryl methyl sites for hydroxylation is 1. The van der Waals surface area contributed by atoms with E-state index in [2.05, 4.69) is 6.07 Å². The Morgan fingerprint density at radius 1 is 0.929 bits per heavy atom. The maximum atomic E-state index is 13.2. The highest BCUT2D eigenvalue weighted by Crippen LogP contribution is 2.36. The Morgan fingerprint density at radius 3 is 2.43 bits per heavy atom. The molecule has 3 aromatic carbocycles. The van der Waals surface area contributed by atoms with E-state index in [0.29, 0.717) is 17.9 Å². The van der Waals surface area contributed by atoms with Gasteiger partial charge in [0.25, 0.3) is 5.91 Å². The lowest BCUT2D eigenvalue weighted by Crippen LogP contribution is -2.36. The van der Waals surface area contributed by atoms with Crippen molar-refractivity contribution < 1.29 is 14.3 Å². The number of rotatable bonds is 4. The number of anilines is 1. The number of hydrogen-bond acceptors (Lipinski definition) is 3. The third kappa shape index (κ3) is 3.58. The maximum absolute atomic E-state index is 13.2. The minimum Gasteiger partial charge on any atom is -0.449 e. The molecular formula is C24H19NO3. The van der Waals surface area contributed by atoms with Gasteiger partial charge in [-0.1, -0.05) is 66.2 Å². The minimum absolute atomic E-state index is 0.195. The summed E-state index contributed by atoms with van der Waals surface area (Å²) in [6, 6.07) is 22.6. The molecule has 0 N–H and O–H groups in total. The Bertz CT molecular complexity index is 1070. The molecule has 4 rings (SSSR count). The number of amides is 1. The lowest BCUT2D eigenvalue weighted by molar-refractivity contribution is -0.117. The van der Waals surface area contributed by atoms with Crippen LogP contribution in [0, 0.1) is 6.92 Å². The van der Waals surface area contributed by atoms with Crippen molar-refractivity contribution in [1.29, 1.82) is 0 Å². The van der Waals surface area contributed by atoms with Gasteiger partial charge in [-0.2, -0.15) is 0 Å². The summed E-state index contributed by atoms with van der Waals surface area (Å²) in [5, 5.41) is 0. The van der Waals surface area contributed by atoms with E-state index in [4.69, 9.17) is 4.74 Å². The molecule has 0 saturated heterocycles. The van der Waals surface area contributed by atoms with Crippen molar-refractivity contribution in [3.05, 3.63) is 101 Å². The summed E-state index contributed by atoms with van der Waals surface area (Å²) < 4.78 is 5.90. The van der Waals surface area contributed by atoms with Crippen LogP contribution in [0.2, 0.25) is 0 Å². The molecule has 1 aliphatic heterocycles. The number of carbonyl (C=O) groups excluding carboxylic acids is 2. The van der Waals surface area contributed by atoms with Gasteiger partial charge in [0, 0.05) is 5.56 Å². The van der Waals surface area contributed by atoms with Crippen molar-refractivity contribution in [1.82, 2.24) is 0 Å². The van der Waals surface area contributed by atoms with Crippen molar-refractivity contribution in [3.63, 3.8) is 0 Å². The first kappa shape index (κ1) is 17.7. The molecule has 1 heterocycles. The van der Waals surface area contributed by atoms with Gasteiger partial charge in [-0.3, -0.25) is 14.5 Å². The van der Waals surface area contributed by atoms with Crippen molar-refractivity contribution in [2.45, 2.75) is 13.5 Å². The van der Waals surface area contributed by atoms with Gasteiger partial charge in [0.2, 0.25) is 0 Å². The number of para-hydroxylation sites is 2. The van der Waals surface area contributed by atoms with Crippen molar-refractivity contribution in [2.75, 3.05) is 4.90 Å². The van der Waals surface area contributed by atoms with Gasteiger partial charge < -0.3 is 4.74 Å². The molecule has 0 aliphatic carbocycles. The molecule has 4 heteroatoms. The van der Waals surface area contributed by atoms with E-state index in [9.17, 15) is 9.59 Å². The summed E-state index contributed by atoms with van der Waals surface area (Å²) in [5.41, 5.74) is 4.34. The fourth-order valence-electron chi connectivity index (χ4n) is 3.23. The molecule has 4 nitrogen and oxygen atoms in total. The third-order valence-electron chi connectivity index (χ3n) is 4.63. The van der Waals surface area contributed by atoms with Crippen LogP contribution >= 0.6 is 0 Å². The zero-order chi connectivity index (χ0) is 19.5. The standard InChI is InChI=1S/C24H19NO3/c1-17-5-4-6-20(13-17)15-25-21-7-2-3-8-22(21)28-23(24(25)27)14-18-9-11-19(16-26)12-10-18/h2-14,16H,15H2,1H3/b23-14-. The molecule has 0 unspecified atom stereocenters. The Morgan fingerprint density at radius 2 is 1.68 bits per heavy atom. The molecule has 0 fully saturated rings. The predicted octanol–water partition coefficient (Wildman–Crippen LogP) is 4.77. The maximum Gasteiger partial charge on any atom is 0.294 e. The first-order valence-electron chi connectivity index (χ1n) is 9.05. The van der Waals surface area contributed by atoms with Gasteiger partial charge >= 0.3 is 0 Å². The quantitative estimate of drug-likeness (QED) is 0.491. The van der Waals surface area contributed by atoms with Crippen LogP contribution in [0.4, 0.5) is 5.69 Å². The van der Waals surface area contributed by atoms with Gasteiger partial charge in [0.05, 0.1) is 12.2 Å². The number of fused-ring (bicyclic) bond motifs is 1. The zero-order valence-corrected chi connectivity index (χ0v) is 15.5. The molecule has 138 valence electrons. The number of benzene rings is 3. The monoisotopic (exact) mass is 369 g/mol. The molecule has 0 bridgehead atoms. The number of carbonyl (C=O) groups is 2. The smallest absolute Gasteiger partial charge is 0.294 e. The lowest BCUT2D eigenvalue weighted by atomic mass is 10.1. The van der Waals surface area contributed by atoms with Gasteiger partial charge in [0.15, 0.2) is 11.5 Å². The Balaban J connectivity index is 1.71. The van der Waals surface area contributed by atoms with E-state index < -0.39 is 0 Å². The highest BCUT2D eigenvalue weighted by Gasteiger charge is 2.30. The second-order valence-corrected chi connectivity index (χ2v) is 6.74. The molecule has 0 saturated carbocycles.